The van der Waals surface area contributed by atoms with Crippen molar-refractivity contribution in [3.8, 4) is 0 Å². The van der Waals surface area contributed by atoms with Crippen molar-refractivity contribution in [1.29, 1.82) is 0 Å². The van der Waals surface area contributed by atoms with Crippen LogP contribution in [-0.4, -0.2) is 33.6 Å². The Labute approximate surface area is 151 Å². The molecule has 0 bridgehead atoms. The second kappa shape index (κ2) is 5.99. The van der Waals surface area contributed by atoms with Crippen molar-refractivity contribution < 1.29 is 18.8 Å². The van der Waals surface area contributed by atoms with Crippen LogP contribution in [0.1, 0.15) is 27.6 Å². The molecule has 0 fully saturated rings. The number of nitrogens with one attached hydrogen (secondary N) is 1. The molecule has 1 atom stereocenters. The van der Waals surface area contributed by atoms with E-state index < -0.39 is 29.6 Å². The van der Waals surface area contributed by atoms with E-state index in [1.54, 1.807) is 24.3 Å². The second-order valence-electron chi connectivity index (χ2n) is 5.82. The van der Waals surface area contributed by atoms with E-state index in [4.69, 9.17) is 0 Å². The van der Waals surface area contributed by atoms with Crippen molar-refractivity contribution in [2.75, 3.05) is 5.32 Å². The number of hydrogen-bond acceptors (Lipinski definition) is 5. The lowest BCUT2D eigenvalue weighted by Crippen LogP contribution is -2.45. The number of imide groups is 1. The summed E-state index contributed by atoms with van der Waals surface area (Å²) in [6.07, 6.45) is 0. The predicted octanol–water partition coefficient (Wildman–Crippen LogP) is 3.06. The minimum Gasteiger partial charge on any atom is -0.300 e. The lowest BCUT2D eigenvalue weighted by molar-refractivity contribution is -0.119. The zero-order valence-corrected chi connectivity index (χ0v) is 14.3. The number of rotatable bonds is 3. The highest BCUT2D eigenvalue weighted by Crippen LogP contribution is 2.28. The normalized spacial score (nSPS) is 14.6. The molecule has 3 amide bonds. The molecule has 4 rings (SSSR count). The Morgan fingerprint density at radius 1 is 1.15 bits per heavy atom. The molecule has 0 radical (unpaired) electrons. The van der Waals surface area contributed by atoms with Gasteiger partial charge in [0.1, 0.15) is 11.9 Å². The smallest absolute Gasteiger partial charge is 0.262 e. The molecule has 0 spiro atoms. The van der Waals surface area contributed by atoms with E-state index in [1.165, 1.54) is 25.1 Å². The first kappa shape index (κ1) is 16.3. The molecule has 26 heavy (non-hydrogen) atoms. The molecule has 1 aliphatic heterocycles. The number of anilines is 1. The summed E-state index contributed by atoms with van der Waals surface area (Å²) >= 11 is 1.12. The largest absolute Gasteiger partial charge is 0.300 e. The molecule has 2 heterocycles. The van der Waals surface area contributed by atoms with Crippen molar-refractivity contribution in [2.45, 2.75) is 13.0 Å². The number of halogens is 1. The number of carbonyl (C=O) groups excluding carboxylic acids is 3. The van der Waals surface area contributed by atoms with Crippen LogP contribution in [0.25, 0.3) is 10.2 Å². The molecule has 6 nitrogen and oxygen atoms in total. The summed E-state index contributed by atoms with van der Waals surface area (Å²) in [5, 5.41) is 2.87. The third kappa shape index (κ3) is 2.55. The molecule has 0 unspecified atom stereocenters. The lowest BCUT2D eigenvalue weighted by atomic mass is 10.1. The molecule has 0 saturated carbocycles. The zero-order valence-electron chi connectivity index (χ0n) is 13.5. The van der Waals surface area contributed by atoms with E-state index in [2.05, 4.69) is 10.3 Å². The maximum atomic E-state index is 13.3. The highest BCUT2D eigenvalue weighted by molar-refractivity contribution is 7.22. The molecule has 1 N–H and O–H groups in total. The first-order chi connectivity index (χ1) is 12.5. The quantitative estimate of drug-likeness (QED) is 0.720. The Hall–Kier alpha value is -3.13. The zero-order chi connectivity index (χ0) is 18.4. The topological polar surface area (TPSA) is 79.4 Å². The first-order valence-electron chi connectivity index (χ1n) is 7.79. The van der Waals surface area contributed by atoms with Crippen molar-refractivity contribution in [1.82, 2.24) is 9.88 Å². The van der Waals surface area contributed by atoms with Crippen LogP contribution >= 0.6 is 11.3 Å². The van der Waals surface area contributed by atoms with Gasteiger partial charge in [-0.05, 0) is 37.3 Å². The van der Waals surface area contributed by atoms with E-state index in [0.29, 0.717) is 10.2 Å². The van der Waals surface area contributed by atoms with Gasteiger partial charge in [-0.1, -0.05) is 23.5 Å². The molecule has 130 valence electrons. The molecule has 0 aliphatic carbocycles. The monoisotopic (exact) mass is 369 g/mol. The maximum absolute atomic E-state index is 13.3. The predicted molar refractivity (Wildman–Crippen MR) is 94.6 cm³/mol. The Kier molecular flexibility index (Phi) is 3.77. The third-order valence-electron chi connectivity index (χ3n) is 4.17. The van der Waals surface area contributed by atoms with Crippen LogP contribution in [0.4, 0.5) is 9.52 Å². The number of nitrogens with zero attached hydrogens (tertiary/aromatic N) is 2. The van der Waals surface area contributed by atoms with Crippen molar-refractivity contribution in [3.05, 3.63) is 59.4 Å². The van der Waals surface area contributed by atoms with E-state index in [-0.39, 0.29) is 16.3 Å². The van der Waals surface area contributed by atoms with Gasteiger partial charge in [0.2, 0.25) is 5.91 Å². The highest BCUT2D eigenvalue weighted by atomic mass is 32.1. The van der Waals surface area contributed by atoms with Crippen LogP contribution in [0.15, 0.2) is 42.5 Å². The van der Waals surface area contributed by atoms with Crippen LogP contribution in [0.2, 0.25) is 0 Å². The summed E-state index contributed by atoms with van der Waals surface area (Å²) in [6, 6.07) is 9.57. The van der Waals surface area contributed by atoms with E-state index in [1.807, 2.05) is 0 Å². The van der Waals surface area contributed by atoms with Gasteiger partial charge in [-0.2, -0.15) is 0 Å². The molecule has 1 aliphatic rings. The fourth-order valence-corrected chi connectivity index (χ4v) is 3.73. The van der Waals surface area contributed by atoms with Gasteiger partial charge in [0.15, 0.2) is 5.13 Å². The van der Waals surface area contributed by atoms with E-state index in [9.17, 15) is 18.8 Å². The van der Waals surface area contributed by atoms with E-state index >= 15 is 0 Å². The van der Waals surface area contributed by atoms with Crippen molar-refractivity contribution in [2.24, 2.45) is 0 Å². The van der Waals surface area contributed by atoms with Crippen LogP contribution in [-0.2, 0) is 4.79 Å². The summed E-state index contributed by atoms with van der Waals surface area (Å²) in [7, 11) is 0. The lowest BCUT2D eigenvalue weighted by Gasteiger charge is -2.21. The molecular formula is C18H12FN3O3S. The number of hydrogen-bond donors (Lipinski definition) is 1. The van der Waals surface area contributed by atoms with Crippen molar-refractivity contribution >= 4 is 44.4 Å². The molecule has 1 aromatic heterocycles. The third-order valence-corrected chi connectivity index (χ3v) is 5.11. The Morgan fingerprint density at radius 3 is 2.46 bits per heavy atom. The number of amides is 3. The Bertz CT molecular complexity index is 1040. The molecule has 0 saturated heterocycles. The number of aromatic nitrogens is 1. The molecule has 3 aromatic rings. The highest BCUT2D eigenvalue weighted by Gasteiger charge is 2.40. The molecule has 2 aromatic carbocycles. The van der Waals surface area contributed by atoms with Crippen molar-refractivity contribution in [3.63, 3.8) is 0 Å². The summed E-state index contributed by atoms with van der Waals surface area (Å²) in [5.41, 5.74) is 1.13. The first-order valence-corrected chi connectivity index (χ1v) is 8.61. The SMILES string of the molecule is C[C@H](C(=O)Nc1nc2ccc(F)cc2s1)N1C(=O)c2ccccc2C1=O. The number of benzene rings is 2. The van der Waals surface area contributed by atoms with Gasteiger partial charge in [0, 0.05) is 0 Å². The van der Waals surface area contributed by atoms with E-state index in [0.717, 1.165) is 16.2 Å². The van der Waals surface area contributed by atoms with Crippen LogP contribution in [0.5, 0.6) is 0 Å². The summed E-state index contributed by atoms with van der Waals surface area (Å²) in [5.74, 6) is -1.93. The van der Waals surface area contributed by atoms with Crippen LogP contribution in [0.3, 0.4) is 0 Å². The average Bonchev–Trinajstić information content (AvgIpc) is 3.13. The fourth-order valence-electron chi connectivity index (χ4n) is 2.84. The average molecular weight is 369 g/mol. The molecule has 8 heteroatoms. The Morgan fingerprint density at radius 2 is 1.81 bits per heavy atom. The minimum absolute atomic E-state index is 0.277. The van der Waals surface area contributed by atoms with Crippen LogP contribution < -0.4 is 5.32 Å². The second-order valence-corrected chi connectivity index (χ2v) is 6.85. The van der Waals surface area contributed by atoms with Crippen LogP contribution in [0, 0.1) is 5.82 Å². The fraction of sp³-hybridized carbons (Fsp3) is 0.111. The van der Waals surface area contributed by atoms with Gasteiger partial charge in [-0.15, -0.1) is 0 Å². The van der Waals surface area contributed by atoms with Gasteiger partial charge in [0.25, 0.3) is 11.8 Å². The van der Waals surface area contributed by atoms with Gasteiger partial charge < -0.3 is 5.32 Å². The Balaban J connectivity index is 1.56. The number of thiazole rings is 1. The van der Waals surface area contributed by atoms with Gasteiger partial charge in [-0.25, -0.2) is 9.37 Å². The number of fused-ring (bicyclic) bond motifs is 2. The maximum Gasteiger partial charge on any atom is 0.262 e. The van der Waals surface area contributed by atoms with Gasteiger partial charge in [0.05, 0.1) is 21.3 Å². The summed E-state index contributed by atoms with van der Waals surface area (Å²) in [6.45, 7) is 1.48. The van der Waals surface area contributed by atoms with Gasteiger partial charge in [-0.3, -0.25) is 19.3 Å². The minimum atomic E-state index is -1.01. The van der Waals surface area contributed by atoms with Gasteiger partial charge >= 0.3 is 0 Å². The summed E-state index contributed by atoms with van der Waals surface area (Å²) in [4.78, 5) is 42.6. The number of carbonyl (C=O) groups is 3. The summed E-state index contributed by atoms with van der Waals surface area (Å²) < 4.78 is 13.9. The standard InChI is InChI=1S/C18H12FN3O3S/c1-9(22-16(24)11-4-2-3-5-12(11)17(22)25)15(23)21-18-20-13-7-6-10(19)8-14(13)26-18/h2-9H,1H3,(H,20,21,23)/t9-/m1/s1. The molecular weight excluding hydrogens is 357 g/mol.